The lowest BCUT2D eigenvalue weighted by Crippen LogP contribution is -2.15. The van der Waals surface area contributed by atoms with Crippen LogP contribution in [0, 0.1) is 0 Å². The molecule has 2 aromatic rings. The summed E-state index contributed by atoms with van der Waals surface area (Å²) in [5, 5.41) is 5.91. The van der Waals surface area contributed by atoms with E-state index in [9.17, 15) is 0 Å². The van der Waals surface area contributed by atoms with E-state index in [1.165, 1.54) is 28.3 Å². The zero-order valence-corrected chi connectivity index (χ0v) is 11.8. The molecule has 100 valence electrons. The Kier molecular flexibility index (Phi) is 5.10. The van der Waals surface area contributed by atoms with Crippen molar-refractivity contribution in [2.24, 2.45) is 0 Å². The molecule has 0 spiro atoms. The summed E-state index contributed by atoms with van der Waals surface area (Å²) in [7, 11) is 0. The normalized spacial score (nSPS) is 12.0. The van der Waals surface area contributed by atoms with Crippen molar-refractivity contribution in [2.45, 2.75) is 26.7 Å². The Balaban J connectivity index is 2.12. The quantitative estimate of drug-likeness (QED) is 0.787. The minimum absolute atomic E-state index is 1.05. The second-order valence-corrected chi connectivity index (χ2v) is 4.83. The maximum atomic E-state index is 4.18. The maximum absolute atomic E-state index is 4.18. The predicted octanol–water partition coefficient (Wildman–Crippen LogP) is 4.03. The highest BCUT2D eigenvalue weighted by molar-refractivity contribution is 5.92. The molecule has 1 aromatic heterocycles. The fraction of sp³-hybridized carbons (Fsp3) is 0.353. The number of benzene rings is 1. The molecule has 0 atom stereocenters. The van der Waals surface area contributed by atoms with E-state index in [0.717, 1.165) is 19.5 Å². The van der Waals surface area contributed by atoms with Gasteiger partial charge in [-0.15, -0.1) is 0 Å². The van der Waals surface area contributed by atoms with Gasteiger partial charge in [0.15, 0.2) is 0 Å². The fourth-order valence-electron chi connectivity index (χ4n) is 2.27. The Morgan fingerprint density at radius 2 is 2.16 bits per heavy atom. The molecule has 0 aliphatic rings. The van der Waals surface area contributed by atoms with Crippen LogP contribution in [0.4, 0.5) is 0 Å². The SMILES string of the molecule is CCCNCCC=C(C)c1cccc2cnccc12. The second-order valence-electron chi connectivity index (χ2n) is 4.83. The van der Waals surface area contributed by atoms with Crippen LogP contribution in [-0.4, -0.2) is 18.1 Å². The van der Waals surface area contributed by atoms with Gasteiger partial charge in [-0.25, -0.2) is 0 Å². The lowest BCUT2D eigenvalue weighted by Gasteiger charge is -2.07. The first-order chi connectivity index (χ1) is 9.33. The summed E-state index contributed by atoms with van der Waals surface area (Å²) in [5.41, 5.74) is 2.66. The van der Waals surface area contributed by atoms with Crippen LogP contribution in [-0.2, 0) is 0 Å². The smallest absolute Gasteiger partial charge is 0.0346 e. The second kappa shape index (κ2) is 7.05. The minimum Gasteiger partial charge on any atom is -0.316 e. The van der Waals surface area contributed by atoms with Gasteiger partial charge in [0, 0.05) is 17.8 Å². The van der Waals surface area contributed by atoms with Crippen molar-refractivity contribution >= 4 is 16.3 Å². The Morgan fingerprint density at radius 3 is 3.00 bits per heavy atom. The number of hydrogen-bond acceptors (Lipinski definition) is 2. The Morgan fingerprint density at radius 1 is 1.26 bits per heavy atom. The average Bonchev–Trinajstić information content (AvgIpc) is 2.46. The summed E-state index contributed by atoms with van der Waals surface area (Å²) in [5.74, 6) is 0. The number of pyridine rings is 1. The third-order valence-corrected chi connectivity index (χ3v) is 3.30. The van der Waals surface area contributed by atoms with Gasteiger partial charge < -0.3 is 5.32 Å². The van der Waals surface area contributed by atoms with E-state index in [1.807, 2.05) is 12.4 Å². The van der Waals surface area contributed by atoms with E-state index in [-0.39, 0.29) is 0 Å². The molecule has 1 heterocycles. The Hall–Kier alpha value is -1.67. The predicted molar refractivity (Wildman–Crippen MR) is 83.2 cm³/mol. The molecule has 0 aliphatic heterocycles. The van der Waals surface area contributed by atoms with Gasteiger partial charge in [0.25, 0.3) is 0 Å². The van der Waals surface area contributed by atoms with Crippen LogP contribution in [0.3, 0.4) is 0 Å². The number of rotatable bonds is 6. The van der Waals surface area contributed by atoms with Crippen LogP contribution in [0.1, 0.15) is 32.3 Å². The highest BCUT2D eigenvalue weighted by atomic mass is 14.8. The van der Waals surface area contributed by atoms with Crippen LogP contribution < -0.4 is 5.32 Å². The van der Waals surface area contributed by atoms with Crippen LogP contribution in [0.15, 0.2) is 42.7 Å². The molecule has 2 nitrogen and oxygen atoms in total. The van der Waals surface area contributed by atoms with E-state index >= 15 is 0 Å². The highest BCUT2D eigenvalue weighted by Crippen LogP contribution is 2.24. The number of nitrogens with zero attached hydrogens (tertiary/aromatic N) is 1. The number of nitrogens with one attached hydrogen (secondary N) is 1. The zero-order chi connectivity index (χ0) is 13.5. The fourth-order valence-corrected chi connectivity index (χ4v) is 2.27. The molecule has 1 N–H and O–H groups in total. The van der Waals surface area contributed by atoms with Crippen molar-refractivity contribution < 1.29 is 0 Å². The van der Waals surface area contributed by atoms with Crippen molar-refractivity contribution in [2.75, 3.05) is 13.1 Å². The molecule has 2 heteroatoms. The van der Waals surface area contributed by atoms with E-state index < -0.39 is 0 Å². The van der Waals surface area contributed by atoms with Gasteiger partial charge >= 0.3 is 0 Å². The third kappa shape index (κ3) is 3.65. The van der Waals surface area contributed by atoms with Crippen molar-refractivity contribution in [1.82, 2.24) is 10.3 Å². The van der Waals surface area contributed by atoms with Crippen LogP contribution in [0.5, 0.6) is 0 Å². The molecule has 0 fully saturated rings. The molecule has 0 saturated carbocycles. The molecule has 0 radical (unpaired) electrons. The molecular formula is C17H22N2. The lowest BCUT2D eigenvalue weighted by molar-refractivity contribution is 0.678. The third-order valence-electron chi connectivity index (χ3n) is 3.30. The molecule has 0 bridgehead atoms. The van der Waals surface area contributed by atoms with Crippen molar-refractivity contribution in [3.05, 3.63) is 48.3 Å². The molecule has 0 saturated heterocycles. The van der Waals surface area contributed by atoms with Crippen LogP contribution in [0.2, 0.25) is 0 Å². The average molecular weight is 254 g/mol. The van der Waals surface area contributed by atoms with Gasteiger partial charge in [-0.05, 0) is 55.4 Å². The van der Waals surface area contributed by atoms with Gasteiger partial charge in [-0.2, -0.15) is 0 Å². The topological polar surface area (TPSA) is 24.9 Å². The van der Waals surface area contributed by atoms with E-state index in [4.69, 9.17) is 0 Å². The summed E-state index contributed by atoms with van der Waals surface area (Å²) in [6, 6.07) is 8.50. The Labute approximate surface area is 115 Å². The van der Waals surface area contributed by atoms with Crippen LogP contribution in [0.25, 0.3) is 16.3 Å². The molecule has 0 amide bonds. The van der Waals surface area contributed by atoms with Crippen molar-refractivity contribution in [3.8, 4) is 0 Å². The summed E-state index contributed by atoms with van der Waals surface area (Å²) in [6.45, 7) is 6.54. The van der Waals surface area contributed by atoms with E-state index in [1.54, 1.807) is 0 Å². The number of aromatic nitrogens is 1. The van der Waals surface area contributed by atoms with Crippen molar-refractivity contribution in [3.63, 3.8) is 0 Å². The first kappa shape index (κ1) is 13.8. The molecule has 2 rings (SSSR count). The Bertz CT molecular complexity index is 553. The van der Waals surface area contributed by atoms with Gasteiger partial charge in [0.2, 0.25) is 0 Å². The van der Waals surface area contributed by atoms with E-state index in [2.05, 4.69) is 54.5 Å². The lowest BCUT2D eigenvalue weighted by atomic mass is 10.00. The van der Waals surface area contributed by atoms with Gasteiger partial charge in [0.1, 0.15) is 0 Å². The molecule has 0 aliphatic carbocycles. The first-order valence-electron chi connectivity index (χ1n) is 7.03. The monoisotopic (exact) mass is 254 g/mol. The standard InChI is InChI=1S/C17H22N2/c1-3-10-18-11-5-6-14(2)16-8-4-7-15-13-19-12-9-17(15)16/h4,6-9,12-13,18H,3,5,10-11H2,1-2H3. The zero-order valence-electron chi connectivity index (χ0n) is 11.8. The summed E-state index contributed by atoms with van der Waals surface area (Å²) in [4.78, 5) is 4.18. The summed E-state index contributed by atoms with van der Waals surface area (Å²) >= 11 is 0. The number of hydrogen-bond donors (Lipinski definition) is 1. The van der Waals surface area contributed by atoms with Gasteiger partial charge in [-0.1, -0.05) is 31.2 Å². The maximum Gasteiger partial charge on any atom is 0.0346 e. The highest BCUT2D eigenvalue weighted by Gasteiger charge is 2.01. The first-order valence-corrected chi connectivity index (χ1v) is 7.03. The minimum atomic E-state index is 1.05. The molecule has 1 aromatic carbocycles. The summed E-state index contributed by atoms with van der Waals surface area (Å²) < 4.78 is 0. The van der Waals surface area contributed by atoms with Crippen LogP contribution >= 0.6 is 0 Å². The summed E-state index contributed by atoms with van der Waals surface area (Å²) in [6.07, 6.45) is 8.38. The number of fused-ring (bicyclic) bond motifs is 1. The largest absolute Gasteiger partial charge is 0.316 e. The van der Waals surface area contributed by atoms with Gasteiger partial charge in [0.05, 0.1) is 0 Å². The number of allylic oxidation sites excluding steroid dienone is 1. The molecule has 19 heavy (non-hydrogen) atoms. The van der Waals surface area contributed by atoms with Gasteiger partial charge in [-0.3, -0.25) is 4.98 Å². The molecule has 0 unspecified atom stereocenters. The van der Waals surface area contributed by atoms with Crippen molar-refractivity contribution in [1.29, 1.82) is 0 Å². The van der Waals surface area contributed by atoms with E-state index in [0.29, 0.717) is 0 Å². The molecular weight excluding hydrogens is 232 g/mol.